The summed E-state index contributed by atoms with van der Waals surface area (Å²) in [6, 6.07) is 0. The van der Waals surface area contributed by atoms with Gasteiger partial charge in [-0.1, -0.05) is 19.1 Å². The second-order valence-electron chi connectivity index (χ2n) is 2.99. The number of H-pyrrole nitrogens is 1. The van der Waals surface area contributed by atoms with Crippen LogP contribution in [0.3, 0.4) is 0 Å². The van der Waals surface area contributed by atoms with E-state index in [4.69, 9.17) is 0 Å². The van der Waals surface area contributed by atoms with Crippen LogP contribution in [0.15, 0.2) is 23.9 Å². The van der Waals surface area contributed by atoms with Crippen molar-refractivity contribution in [3.63, 3.8) is 0 Å². The van der Waals surface area contributed by atoms with Crippen LogP contribution in [-0.2, 0) is 6.42 Å². The summed E-state index contributed by atoms with van der Waals surface area (Å²) in [5, 5.41) is 7.01. The van der Waals surface area contributed by atoms with Crippen LogP contribution in [0.2, 0.25) is 0 Å². The first-order valence-corrected chi connectivity index (χ1v) is 4.29. The van der Waals surface area contributed by atoms with Gasteiger partial charge in [-0.2, -0.15) is 5.10 Å². The van der Waals surface area contributed by atoms with E-state index in [0.717, 1.165) is 18.5 Å². The average molecular weight is 160 g/mol. The van der Waals surface area contributed by atoms with Crippen molar-refractivity contribution in [1.82, 2.24) is 10.2 Å². The van der Waals surface area contributed by atoms with Crippen molar-refractivity contribution in [2.24, 2.45) is 0 Å². The molecular weight excluding hydrogens is 148 g/mol. The molecule has 0 unspecified atom stereocenters. The summed E-state index contributed by atoms with van der Waals surface area (Å²) in [6.07, 6.45) is 10.5. The molecule has 0 fully saturated rings. The zero-order valence-corrected chi connectivity index (χ0v) is 7.17. The highest BCUT2D eigenvalue weighted by molar-refractivity contribution is 5.57. The summed E-state index contributed by atoms with van der Waals surface area (Å²) >= 11 is 0. The predicted octanol–water partition coefficient (Wildman–Crippen LogP) is 2.32. The van der Waals surface area contributed by atoms with Crippen molar-refractivity contribution >= 4 is 6.08 Å². The van der Waals surface area contributed by atoms with E-state index in [0.29, 0.717) is 0 Å². The highest BCUT2D eigenvalue weighted by Gasteiger charge is 2.04. The maximum atomic E-state index is 4.01. The van der Waals surface area contributed by atoms with Gasteiger partial charge in [0.25, 0.3) is 0 Å². The van der Waals surface area contributed by atoms with Gasteiger partial charge in [-0.3, -0.25) is 5.10 Å². The highest BCUT2D eigenvalue weighted by Crippen LogP contribution is 2.17. The Morgan fingerprint density at radius 1 is 1.58 bits per heavy atom. The fourth-order valence-corrected chi connectivity index (χ4v) is 1.40. The number of allylic oxidation sites excluding steroid dienone is 3. The van der Waals surface area contributed by atoms with Gasteiger partial charge in [0.1, 0.15) is 0 Å². The molecule has 1 heterocycles. The molecule has 1 aliphatic rings. The zero-order valence-electron chi connectivity index (χ0n) is 7.17. The summed E-state index contributed by atoms with van der Waals surface area (Å²) in [5.74, 6) is 0. The summed E-state index contributed by atoms with van der Waals surface area (Å²) < 4.78 is 0. The molecule has 0 aromatic carbocycles. The molecule has 0 amide bonds. The Bertz CT molecular complexity index is 331. The third-order valence-corrected chi connectivity index (χ3v) is 2.16. The van der Waals surface area contributed by atoms with E-state index in [-0.39, 0.29) is 0 Å². The second kappa shape index (κ2) is 2.97. The molecule has 0 saturated carbocycles. The van der Waals surface area contributed by atoms with E-state index < -0.39 is 0 Å². The van der Waals surface area contributed by atoms with Gasteiger partial charge in [-0.25, -0.2) is 0 Å². The summed E-state index contributed by atoms with van der Waals surface area (Å²) in [4.78, 5) is 0. The van der Waals surface area contributed by atoms with Crippen molar-refractivity contribution < 1.29 is 0 Å². The van der Waals surface area contributed by atoms with Gasteiger partial charge >= 0.3 is 0 Å². The standard InChI is InChI=1S/C10H12N2/c1-2-8-4-3-5-9-7-11-12-10(9)6-8/h3-4,6-7H,2,5H2,1H3,(H,11,12). The average Bonchev–Trinajstić information content (AvgIpc) is 2.43. The zero-order chi connectivity index (χ0) is 8.39. The molecule has 0 bridgehead atoms. The molecule has 2 heteroatoms. The molecule has 1 aromatic heterocycles. The van der Waals surface area contributed by atoms with Gasteiger partial charge in [0, 0.05) is 5.56 Å². The molecule has 12 heavy (non-hydrogen) atoms. The molecule has 0 saturated heterocycles. The van der Waals surface area contributed by atoms with Crippen molar-refractivity contribution in [3.8, 4) is 0 Å². The maximum absolute atomic E-state index is 4.01. The lowest BCUT2D eigenvalue weighted by Gasteiger charge is -1.93. The van der Waals surface area contributed by atoms with Gasteiger partial charge < -0.3 is 0 Å². The third-order valence-electron chi connectivity index (χ3n) is 2.16. The van der Waals surface area contributed by atoms with Gasteiger partial charge in [0.15, 0.2) is 0 Å². The van der Waals surface area contributed by atoms with Crippen LogP contribution in [0.1, 0.15) is 24.6 Å². The summed E-state index contributed by atoms with van der Waals surface area (Å²) in [7, 11) is 0. The predicted molar refractivity (Wildman–Crippen MR) is 49.7 cm³/mol. The fraction of sp³-hybridized carbons (Fsp3) is 0.300. The van der Waals surface area contributed by atoms with E-state index >= 15 is 0 Å². The van der Waals surface area contributed by atoms with Gasteiger partial charge in [0.05, 0.1) is 11.9 Å². The Kier molecular flexibility index (Phi) is 1.82. The maximum Gasteiger partial charge on any atom is 0.0615 e. The Morgan fingerprint density at radius 2 is 2.50 bits per heavy atom. The SMILES string of the molecule is CCC1=Cc2[nH]ncc2CC=C1. The smallest absolute Gasteiger partial charge is 0.0615 e. The van der Waals surface area contributed by atoms with Crippen LogP contribution in [0.25, 0.3) is 6.08 Å². The molecule has 0 aliphatic heterocycles. The van der Waals surface area contributed by atoms with Crippen molar-refractivity contribution in [2.75, 3.05) is 0 Å². The molecule has 0 spiro atoms. The normalized spacial score (nSPS) is 15.2. The first-order valence-electron chi connectivity index (χ1n) is 4.29. The van der Waals surface area contributed by atoms with Crippen LogP contribution < -0.4 is 0 Å². The van der Waals surface area contributed by atoms with Crippen molar-refractivity contribution in [2.45, 2.75) is 19.8 Å². The molecule has 2 rings (SSSR count). The molecule has 1 aromatic rings. The van der Waals surface area contributed by atoms with E-state index in [9.17, 15) is 0 Å². The third kappa shape index (κ3) is 1.20. The van der Waals surface area contributed by atoms with E-state index in [2.05, 4.69) is 35.3 Å². The van der Waals surface area contributed by atoms with Crippen LogP contribution in [-0.4, -0.2) is 10.2 Å². The minimum absolute atomic E-state index is 0.992. The lowest BCUT2D eigenvalue weighted by atomic mass is 10.1. The molecule has 62 valence electrons. The van der Waals surface area contributed by atoms with Crippen LogP contribution >= 0.6 is 0 Å². The van der Waals surface area contributed by atoms with Crippen LogP contribution in [0, 0.1) is 0 Å². The van der Waals surface area contributed by atoms with E-state index in [1.165, 1.54) is 11.1 Å². The monoisotopic (exact) mass is 160 g/mol. The second-order valence-corrected chi connectivity index (χ2v) is 2.99. The summed E-state index contributed by atoms with van der Waals surface area (Å²) in [5.41, 5.74) is 3.81. The largest absolute Gasteiger partial charge is 0.278 e. The lowest BCUT2D eigenvalue weighted by Crippen LogP contribution is -1.80. The van der Waals surface area contributed by atoms with Crippen molar-refractivity contribution in [1.29, 1.82) is 0 Å². The first kappa shape index (κ1) is 7.35. The quantitative estimate of drug-likeness (QED) is 0.671. The number of hydrogen-bond donors (Lipinski definition) is 1. The molecule has 0 radical (unpaired) electrons. The van der Waals surface area contributed by atoms with Crippen molar-refractivity contribution in [3.05, 3.63) is 35.2 Å². The minimum atomic E-state index is 0.992. The first-order chi connectivity index (χ1) is 5.90. The number of aromatic nitrogens is 2. The Hall–Kier alpha value is -1.31. The minimum Gasteiger partial charge on any atom is -0.278 e. The number of fused-ring (bicyclic) bond motifs is 1. The number of aromatic amines is 1. The highest BCUT2D eigenvalue weighted by atomic mass is 15.1. The topological polar surface area (TPSA) is 28.7 Å². The lowest BCUT2D eigenvalue weighted by molar-refractivity contribution is 1.07. The van der Waals surface area contributed by atoms with E-state index in [1.807, 2.05) is 6.20 Å². The number of nitrogens with zero attached hydrogens (tertiary/aromatic N) is 1. The Morgan fingerprint density at radius 3 is 3.33 bits per heavy atom. The van der Waals surface area contributed by atoms with Crippen LogP contribution in [0.5, 0.6) is 0 Å². The van der Waals surface area contributed by atoms with E-state index in [1.54, 1.807) is 0 Å². The molecule has 1 aliphatic carbocycles. The molecule has 1 N–H and O–H groups in total. The Balaban J connectivity index is 2.43. The summed E-state index contributed by atoms with van der Waals surface area (Å²) in [6.45, 7) is 2.16. The number of hydrogen-bond acceptors (Lipinski definition) is 1. The number of rotatable bonds is 1. The number of nitrogens with one attached hydrogen (secondary N) is 1. The molecular formula is C10H12N2. The van der Waals surface area contributed by atoms with Crippen LogP contribution in [0.4, 0.5) is 0 Å². The Labute approximate surface area is 72.0 Å². The van der Waals surface area contributed by atoms with Gasteiger partial charge in [-0.15, -0.1) is 0 Å². The molecule has 0 atom stereocenters. The van der Waals surface area contributed by atoms with Gasteiger partial charge in [-0.05, 0) is 24.5 Å². The van der Waals surface area contributed by atoms with Gasteiger partial charge in [0.2, 0.25) is 0 Å². The molecule has 2 nitrogen and oxygen atoms in total. The fourth-order valence-electron chi connectivity index (χ4n) is 1.40.